The zero-order valence-electron chi connectivity index (χ0n) is 15.5. The molecule has 0 saturated carbocycles. The highest BCUT2D eigenvalue weighted by atomic mass is 16.1. The topological polar surface area (TPSA) is 116 Å². The fourth-order valence-electron chi connectivity index (χ4n) is 4.87. The summed E-state index contributed by atoms with van der Waals surface area (Å²) < 4.78 is 0. The van der Waals surface area contributed by atoms with Gasteiger partial charge in [-0.2, -0.15) is 10.1 Å². The molecule has 3 aliphatic heterocycles. The van der Waals surface area contributed by atoms with E-state index in [1.807, 2.05) is 20.0 Å². The molecule has 3 aliphatic rings. The average Bonchev–Trinajstić information content (AvgIpc) is 3.00. The lowest BCUT2D eigenvalue weighted by atomic mass is 9.68. The number of amides is 1. The van der Waals surface area contributed by atoms with Gasteiger partial charge >= 0.3 is 0 Å². The van der Waals surface area contributed by atoms with Crippen LogP contribution in [0.4, 0.5) is 17.6 Å². The minimum Gasteiger partial charge on any atom is -0.364 e. The summed E-state index contributed by atoms with van der Waals surface area (Å²) in [6.45, 7) is 1.92. The van der Waals surface area contributed by atoms with E-state index in [9.17, 15) is 4.79 Å². The van der Waals surface area contributed by atoms with E-state index in [1.165, 1.54) is 12.8 Å². The van der Waals surface area contributed by atoms with Crippen LogP contribution in [0.3, 0.4) is 0 Å². The third-order valence-electron chi connectivity index (χ3n) is 6.23. The van der Waals surface area contributed by atoms with Crippen LogP contribution in [0.1, 0.15) is 41.9 Å². The van der Waals surface area contributed by atoms with Crippen molar-refractivity contribution in [3.05, 3.63) is 23.5 Å². The van der Waals surface area contributed by atoms with Crippen molar-refractivity contribution >= 4 is 23.5 Å². The smallest absolute Gasteiger partial charge is 0.267 e. The van der Waals surface area contributed by atoms with Gasteiger partial charge in [0.15, 0.2) is 5.82 Å². The Morgan fingerprint density at radius 3 is 2.48 bits per heavy atom. The molecular weight excluding hydrogens is 344 g/mol. The maximum Gasteiger partial charge on any atom is 0.267 e. The minimum atomic E-state index is -0.566. The number of H-pyrrole nitrogens is 1. The zero-order chi connectivity index (χ0) is 18.7. The number of aromatic nitrogens is 4. The molecule has 3 saturated heterocycles. The number of carbonyl (C=O) groups excluding carboxylic acids is 1. The molecule has 2 aromatic rings. The second kappa shape index (κ2) is 5.91. The Morgan fingerprint density at radius 2 is 1.89 bits per heavy atom. The molecule has 4 N–H and O–H groups in total. The summed E-state index contributed by atoms with van der Waals surface area (Å²) in [6, 6.07) is 6.04. The Hall–Kier alpha value is -2.68. The van der Waals surface area contributed by atoms with Crippen molar-refractivity contribution in [2.75, 3.05) is 17.3 Å². The molecule has 0 aromatic carbocycles. The molecule has 0 radical (unpaired) electrons. The number of nitrogens with zero attached hydrogens (tertiary/aromatic N) is 5. The van der Waals surface area contributed by atoms with Gasteiger partial charge in [0.2, 0.25) is 5.95 Å². The summed E-state index contributed by atoms with van der Waals surface area (Å²) in [7, 11) is 2.01. The minimum absolute atomic E-state index is 0.200. The molecule has 9 heteroatoms. The SMILES string of the molecule is Cc1cc(Nc2cc(C(N)=O)nc(N(C)C3C[C@@H]4CC5C[C@H](C3)N54)n2)n[nH]1. The van der Waals surface area contributed by atoms with Crippen LogP contribution in [0.25, 0.3) is 0 Å². The van der Waals surface area contributed by atoms with Gasteiger partial charge in [0.1, 0.15) is 11.5 Å². The highest BCUT2D eigenvalue weighted by Crippen LogP contribution is 2.49. The lowest BCUT2D eigenvalue weighted by molar-refractivity contribution is -0.148. The van der Waals surface area contributed by atoms with Gasteiger partial charge in [-0.25, -0.2) is 4.98 Å². The van der Waals surface area contributed by atoms with E-state index in [-0.39, 0.29) is 5.69 Å². The second-order valence-electron chi connectivity index (χ2n) is 7.98. The number of aromatic amines is 1. The third kappa shape index (κ3) is 2.73. The molecule has 2 unspecified atom stereocenters. The number of hydrogen-bond acceptors (Lipinski definition) is 7. The van der Waals surface area contributed by atoms with Crippen LogP contribution in [0, 0.1) is 6.92 Å². The first-order chi connectivity index (χ1) is 13.0. The van der Waals surface area contributed by atoms with Crippen molar-refractivity contribution in [2.45, 2.75) is 56.8 Å². The number of nitrogens with two attached hydrogens (primary N) is 1. The van der Waals surface area contributed by atoms with E-state index in [0.717, 1.165) is 24.6 Å². The maximum atomic E-state index is 11.8. The van der Waals surface area contributed by atoms with Crippen molar-refractivity contribution in [3.63, 3.8) is 0 Å². The average molecular weight is 368 g/mol. The first-order valence-corrected chi connectivity index (χ1v) is 9.46. The monoisotopic (exact) mass is 368 g/mol. The number of hydrogen-bond donors (Lipinski definition) is 3. The lowest BCUT2D eigenvalue weighted by Crippen LogP contribution is -2.74. The molecule has 3 fully saturated rings. The molecule has 0 bridgehead atoms. The molecule has 9 nitrogen and oxygen atoms in total. The van der Waals surface area contributed by atoms with E-state index in [0.29, 0.717) is 35.7 Å². The fourth-order valence-corrected chi connectivity index (χ4v) is 4.87. The van der Waals surface area contributed by atoms with Crippen LogP contribution in [0.2, 0.25) is 0 Å². The van der Waals surface area contributed by atoms with Gasteiger partial charge in [-0.15, -0.1) is 0 Å². The van der Waals surface area contributed by atoms with E-state index in [1.54, 1.807) is 6.07 Å². The summed E-state index contributed by atoms with van der Waals surface area (Å²) in [5, 5.41) is 10.2. The van der Waals surface area contributed by atoms with Gasteiger partial charge in [0.25, 0.3) is 5.91 Å². The third-order valence-corrected chi connectivity index (χ3v) is 6.23. The van der Waals surface area contributed by atoms with E-state index in [4.69, 9.17) is 5.73 Å². The zero-order valence-corrected chi connectivity index (χ0v) is 15.5. The summed E-state index contributed by atoms with van der Waals surface area (Å²) in [4.78, 5) is 25.6. The van der Waals surface area contributed by atoms with Crippen LogP contribution in [-0.4, -0.2) is 62.2 Å². The summed E-state index contributed by atoms with van der Waals surface area (Å²) in [6.07, 6.45) is 4.87. The predicted molar refractivity (Wildman–Crippen MR) is 101 cm³/mol. The van der Waals surface area contributed by atoms with E-state index < -0.39 is 5.91 Å². The molecule has 0 spiro atoms. The molecule has 2 aromatic heterocycles. The Balaban J connectivity index is 1.40. The molecule has 0 aliphatic carbocycles. The Morgan fingerprint density at radius 1 is 1.19 bits per heavy atom. The highest BCUT2D eigenvalue weighted by molar-refractivity contribution is 5.92. The Bertz CT molecular complexity index is 879. The number of rotatable bonds is 5. The molecular formula is C18H24N8O. The number of piperidine rings is 2. The Kier molecular flexibility index (Phi) is 3.61. The maximum absolute atomic E-state index is 11.8. The number of primary amides is 1. The highest BCUT2D eigenvalue weighted by Gasteiger charge is 2.55. The standard InChI is InChI=1S/C18H24N8O/c1-9-3-16(24-23-9)21-15-8-14(17(19)27)20-18(22-15)25(2)10-4-11-6-13-7-12(5-10)26(11)13/h3,8,10-13H,4-7H2,1-2H3,(H2,19,27)(H2,20,21,22,23,24)/t10?,11-,12+,13?. The Labute approximate surface area is 157 Å². The van der Waals surface area contributed by atoms with Gasteiger partial charge in [0, 0.05) is 49.0 Å². The number of carbonyl (C=O) groups is 1. The second-order valence-corrected chi connectivity index (χ2v) is 7.98. The largest absolute Gasteiger partial charge is 0.364 e. The molecule has 4 atom stereocenters. The molecule has 5 heterocycles. The van der Waals surface area contributed by atoms with Crippen molar-refractivity contribution in [1.82, 2.24) is 25.1 Å². The first kappa shape index (κ1) is 16.5. The van der Waals surface area contributed by atoms with Crippen molar-refractivity contribution in [1.29, 1.82) is 0 Å². The van der Waals surface area contributed by atoms with Crippen LogP contribution < -0.4 is 16.0 Å². The normalized spacial score (nSPS) is 28.7. The van der Waals surface area contributed by atoms with Gasteiger partial charge in [-0.3, -0.25) is 14.8 Å². The molecule has 27 heavy (non-hydrogen) atoms. The van der Waals surface area contributed by atoms with Gasteiger partial charge in [-0.1, -0.05) is 0 Å². The van der Waals surface area contributed by atoms with Crippen LogP contribution in [0.5, 0.6) is 0 Å². The van der Waals surface area contributed by atoms with Gasteiger partial charge in [-0.05, 0) is 32.6 Å². The van der Waals surface area contributed by atoms with E-state index >= 15 is 0 Å². The summed E-state index contributed by atoms with van der Waals surface area (Å²) in [5.74, 6) is 1.11. The number of nitrogens with one attached hydrogen (secondary N) is 2. The molecule has 5 rings (SSSR count). The quantitative estimate of drug-likeness (QED) is 0.725. The van der Waals surface area contributed by atoms with Crippen molar-refractivity contribution in [2.24, 2.45) is 5.73 Å². The lowest BCUT2D eigenvalue weighted by Gasteiger charge is -2.66. The molecule has 142 valence electrons. The van der Waals surface area contributed by atoms with Crippen LogP contribution in [0.15, 0.2) is 12.1 Å². The first-order valence-electron chi connectivity index (χ1n) is 9.46. The van der Waals surface area contributed by atoms with Crippen molar-refractivity contribution < 1.29 is 4.79 Å². The van der Waals surface area contributed by atoms with Crippen LogP contribution >= 0.6 is 0 Å². The number of aryl methyl sites for hydroxylation is 1. The van der Waals surface area contributed by atoms with Crippen LogP contribution in [-0.2, 0) is 0 Å². The summed E-state index contributed by atoms with van der Waals surface area (Å²) in [5.41, 5.74) is 6.64. The predicted octanol–water partition coefficient (Wildman–Crippen LogP) is 1.16. The fraction of sp³-hybridized carbons (Fsp3) is 0.556. The number of anilines is 3. The van der Waals surface area contributed by atoms with Gasteiger partial charge in [0.05, 0.1) is 0 Å². The van der Waals surface area contributed by atoms with E-state index in [2.05, 4.69) is 35.3 Å². The summed E-state index contributed by atoms with van der Waals surface area (Å²) >= 11 is 0. The van der Waals surface area contributed by atoms with Crippen molar-refractivity contribution in [3.8, 4) is 0 Å². The van der Waals surface area contributed by atoms with Gasteiger partial charge < -0.3 is 16.0 Å². The molecule has 1 amide bonds.